The highest BCUT2D eigenvalue weighted by atomic mass is 32.1. The number of nitrogens with zero attached hydrogens (tertiary/aromatic N) is 3. The van der Waals surface area contributed by atoms with Crippen LogP contribution in [-0.2, 0) is 11.2 Å². The number of amides is 2. The Bertz CT molecular complexity index is 995. The van der Waals surface area contributed by atoms with E-state index < -0.39 is 0 Å². The van der Waals surface area contributed by atoms with Gasteiger partial charge in [0.2, 0.25) is 5.91 Å². The zero-order chi connectivity index (χ0) is 20.2. The summed E-state index contributed by atoms with van der Waals surface area (Å²) < 4.78 is 0. The highest BCUT2D eigenvalue weighted by molar-refractivity contribution is 7.14. The van der Waals surface area contributed by atoms with Crippen molar-refractivity contribution >= 4 is 45.3 Å². The van der Waals surface area contributed by atoms with Crippen molar-refractivity contribution in [2.75, 3.05) is 36.4 Å². The molecule has 0 aliphatic carbocycles. The smallest absolute Gasteiger partial charge is 0.258 e. The van der Waals surface area contributed by atoms with E-state index in [0.29, 0.717) is 42.6 Å². The lowest BCUT2D eigenvalue weighted by Crippen LogP contribution is -2.49. The summed E-state index contributed by atoms with van der Waals surface area (Å²) in [5.74, 6) is 0.0773. The molecule has 29 heavy (non-hydrogen) atoms. The zero-order valence-corrected chi connectivity index (χ0v) is 17.2. The number of hydrogen-bond acceptors (Lipinski definition) is 7. The fourth-order valence-corrected chi connectivity index (χ4v) is 4.54. The summed E-state index contributed by atoms with van der Waals surface area (Å²) in [6.07, 6.45) is 0.210. The minimum Gasteiger partial charge on any atom is -0.506 e. The number of aromatic hydroxyl groups is 1. The van der Waals surface area contributed by atoms with Gasteiger partial charge in [-0.15, -0.1) is 11.3 Å². The van der Waals surface area contributed by atoms with Gasteiger partial charge in [-0.05, 0) is 23.6 Å². The summed E-state index contributed by atoms with van der Waals surface area (Å²) in [7, 11) is 0. The third-order valence-electron chi connectivity index (χ3n) is 4.74. The molecule has 0 saturated carbocycles. The Kier molecular flexibility index (Phi) is 5.77. The van der Waals surface area contributed by atoms with E-state index >= 15 is 0 Å². The van der Waals surface area contributed by atoms with Crippen LogP contribution in [0.4, 0.5) is 10.8 Å². The van der Waals surface area contributed by atoms with E-state index in [1.165, 1.54) is 22.7 Å². The lowest BCUT2D eigenvalue weighted by Gasteiger charge is -2.36. The van der Waals surface area contributed by atoms with Crippen molar-refractivity contribution in [2.45, 2.75) is 6.42 Å². The first-order valence-electron chi connectivity index (χ1n) is 9.19. The van der Waals surface area contributed by atoms with E-state index in [2.05, 4.69) is 15.2 Å². The number of phenolic OH excluding ortho intramolecular Hbond substituents is 1. The Morgan fingerprint density at radius 2 is 1.90 bits per heavy atom. The van der Waals surface area contributed by atoms with Gasteiger partial charge in [0.25, 0.3) is 5.91 Å². The predicted octanol–water partition coefficient (Wildman–Crippen LogP) is 3.05. The molecule has 1 saturated heterocycles. The van der Waals surface area contributed by atoms with Crippen LogP contribution >= 0.6 is 22.7 Å². The van der Waals surface area contributed by atoms with E-state index in [1.54, 1.807) is 29.0 Å². The molecule has 7 nitrogen and oxygen atoms in total. The van der Waals surface area contributed by atoms with Crippen molar-refractivity contribution in [1.29, 1.82) is 0 Å². The SMILES string of the molecule is O=C(Nc1nc(CC(=O)N2CCN(c3ccccc3O)CC2)cs1)c1ccsc1. The molecule has 1 aromatic carbocycles. The van der Waals surface area contributed by atoms with Gasteiger partial charge in [-0.1, -0.05) is 12.1 Å². The molecule has 0 unspecified atom stereocenters. The number of benzene rings is 1. The fraction of sp³-hybridized carbons (Fsp3) is 0.250. The number of phenols is 1. The quantitative estimate of drug-likeness (QED) is 0.652. The second-order valence-corrected chi connectivity index (χ2v) is 8.28. The molecule has 0 spiro atoms. The molecule has 150 valence electrons. The number of piperazine rings is 1. The Balaban J connectivity index is 1.30. The minimum absolute atomic E-state index is 0.0166. The van der Waals surface area contributed by atoms with Gasteiger partial charge in [0, 0.05) is 36.9 Å². The second-order valence-electron chi connectivity index (χ2n) is 6.64. The molecule has 3 aromatic rings. The number of carbonyl (C=O) groups excluding carboxylic acids is 2. The monoisotopic (exact) mass is 428 g/mol. The number of rotatable bonds is 5. The number of thiophene rings is 1. The Morgan fingerprint density at radius 3 is 2.62 bits per heavy atom. The summed E-state index contributed by atoms with van der Waals surface area (Å²) in [6.45, 7) is 2.53. The standard InChI is InChI=1S/C20H20N4O3S2/c25-17-4-2-1-3-16(17)23-6-8-24(9-7-23)18(26)11-15-13-29-20(21-15)22-19(27)14-5-10-28-12-14/h1-5,10,12-13,25H,6-9,11H2,(H,21,22,27). The van der Waals surface area contributed by atoms with E-state index in [1.807, 2.05) is 22.4 Å². The second kappa shape index (κ2) is 8.62. The highest BCUT2D eigenvalue weighted by Gasteiger charge is 2.23. The summed E-state index contributed by atoms with van der Waals surface area (Å²) in [4.78, 5) is 33.0. The molecule has 2 aromatic heterocycles. The zero-order valence-electron chi connectivity index (χ0n) is 15.6. The van der Waals surface area contributed by atoms with Crippen molar-refractivity contribution in [3.05, 3.63) is 57.7 Å². The molecule has 9 heteroatoms. The summed E-state index contributed by atoms with van der Waals surface area (Å²) in [5.41, 5.74) is 2.05. The van der Waals surface area contributed by atoms with Crippen LogP contribution in [0.1, 0.15) is 16.1 Å². The van der Waals surface area contributed by atoms with Gasteiger partial charge in [0.05, 0.1) is 23.4 Å². The molecule has 0 atom stereocenters. The summed E-state index contributed by atoms with van der Waals surface area (Å²) in [6, 6.07) is 9.00. The Hall–Kier alpha value is -2.91. The third kappa shape index (κ3) is 4.57. The third-order valence-corrected chi connectivity index (χ3v) is 6.23. The summed E-state index contributed by atoms with van der Waals surface area (Å²) in [5, 5.41) is 18.7. The van der Waals surface area contributed by atoms with Crippen molar-refractivity contribution in [3.8, 4) is 5.75 Å². The average molecular weight is 429 g/mol. The summed E-state index contributed by atoms with van der Waals surface area (Å²) >= 11 is 2.78. The molecular weight excluding hydrogens is 408 g/mol. The van der Waals surface area contributed by atoms with Crippen LogP contribution in [0.2, 0.25) is 0 Å². The van der Waals surface area contributed by atoms with Gasteiger partial charge in [0.15, 0.2) is 5.13 Å². The van der Waals surface area contributed by atoms with E-state index in [4.69, 9.17) is 0 Å². The maximum absolute atomic E-state index is 12.6. The van der Waals surface area contributed by atoms with Gasteiger partial charge in [-0.3, -0.25) is 14.9 Å². The van der Waals surface area contributed by atoms with Crippen molar-refractivity contribution in [3.63, 3.8) is 0 Å². The number of thiazole rings is 1. The van der Waals surface area contributed by atoms with Gasteiger partial charge >= 0.3 is 0 Å². The van der Waals surface area contributed by atoms with Crippen LogP contribution in [0.25, 0.3) is 0 Å². The lowest BCUT2D eigenvalue weighted by molar-refractivity contribution is -0.130. The highest BCUT2D eigenvalue weighted by Crippen LogP contribution is 2.27. The van der Waals surface area contributed by atoms with Gasteiger partial charge < -0.3 is 14.9 Å². The molecule has 3 heterocycles. The lowest BCUT2D eigenvalue weighted by atomic mass is 10.2. The molecule has 2 amide bonds. The molecule has 0 radical (unpaired) electrons. The topological polar surface area (TPSA) is 85.8 Å². The largest absolute Gasteiger partial charge is 0.506 e. The number of carbonyl (C=O) groups is 2. The van der Waals surface area contributed by atoms with Gasteiger partial charge in [-0.2, -0.15) is 11.3 Å². The first kappa shape index (κ1) is 19.4. The normalized spacial score (nSPS) is 14.1. The van der Waals surface area contributed by atoms with E-state index in [0.717, 1.165) is 5.69 Å². The average Bonchev–Trinajstić information content (AvgIpc) is 3.41. The molecule has 1 aliphatic rings. The number of aromatic nitrogens is 1. The minimum atomic E-state index is -0.196. The van der Waals surface area contributed by atoms with Crippen molar-refractivity contribution in [1.82, 2.24) is 9.88 Å². The first-order valence-corrected chi connectivity index (χ1v) is 11.0. The maximum atomic E-state index is 12.6. The van der Waals surface area contributed by atoms with Crippen LogP contribution in [-0.4, -0.2) is 53.0 Å². The van der Waals surface area contributed by atoms with Crippen molar-refractivity contribution in [2.24, 2.45) is 0 Å². The van der Waals surface area contributed by atoms with E-state index in [9.17, 15) is 14.7 Å². The first-order chi connectivity index (χ1) is 14.1. The van der Waals surface area contributed by atoms with Gasteiger partial charge in [-0.25, -0.2) is 4.98 Å². The Morgan fingerprint density at radius 1 is 1.10 bits per heavy atom. The van der Waals surface area contributed by atoms with Gasteiger partial charge in [0.1, 0.15) is 5.75 Å². The van der Waals surface area contributed by atoms with Crippen LogP contribution in [0.3, 0.4) is 0 Å². The number of anilines is 2. The van der Waals surface area contributed by atoms with Crippen molar-refractivity contribution < 1.29 is 14.7 Å². The molecule has 1 fully saturated rings. The van der Waals surface area contributed by atoms with Crippen LogP contribution < -0.4 is 10.2 Å². The van der Waals surface area contributed by atoms with Crippen LogP contribution in [0, 0.1) is 0 Å². The molecular formula is C20H20N4O3S2. The van der Waals surface area contributed by atoms with E-state index in [-0.39, 0.29) is 24.0 Å². The molecule has 4 rings (SSSR count). The van der Waals surface area contributed by atoms with Crippen LogP contribution in [0.15, 0.2) is 46.5 Å². The molecule has 0 bridgehead atoms. The number of hydrogen-bond donors (Lipinski definition) is 2. The fourth-order valence-electron chi connectivity index (χ4n) is 3.20. The molecule has 1 aliphatic heterocycles. The Labute approximate surface area is 176 Å². The number of para-hydroxylation sites is 2. The maximum Gasteiger partial charge on any atom is 0.258 e. The number of nitrogens with one attached hydrogen (secondary N) is 1. The molecule has 2 N–H and O–H groups in total. The predicted molar refractivity (Wildman–Crippen MR) is 115 cm³/mol. The van der Waals surface area contributed by atoms with Crippen LogP contribution in [0.5, 0.6) is 5.75 Å².